The minimum absolute atomic E-state index is 0.0859. The number of halogens is 3. The molecule has 0 aliphatic rings. The number of rotatable bonds is 8. The molecule has 0 spiro atoms. The standard InChI is InChI=1S/C25H24Cl3N3O3S/c1-16-9-17(2)25(18(3)10-16)35(33,34)31(14-20-7-8-22(27)23(28)12-20)15-24(32)30-29-13-19-5-4-6-21(26)11-19/h4-13H,14-15H2,1-3H3,(H,30,32)/b29-13+. The van der Waals surface area contributed by atoms with Crippen molar-refractivity contribution < 1.29 is 13.2 Å². The Morgan fingerprint density at radius 2 is 1.66 bits per heavy atom. The Balaban J connectivity index is 1.90. The van der Waals surface area contributed by atoms with Gasteiger partial charge in [-0.05, 0) is 67.3 Å². The molecule has 0 radical (unpaired) electrons. The average Bonchev–Trinajstić information content (AvgIpc) is 2.75. The Morgan fingerprint density at radius 1 is 0.971 bits per heavy atom. The maximum Gasteiger partial charge on any atom is 0.255 e. The van der Waals surface area contributed by atoms with E-state index in [1.807, 2.05) is 6.92 Å². The monoisotopic (exact) mass is 551 g/mol. The van der Waals surface area contributed by atoms with E-state index in [0.29, 0.717) is 37.3 Å². The summed E-state index contributed by atoms with van der Waals surface area (Å²) in [7, 11) is -4.05. The Hall–Kier alpha value is -2.42. The molecule has 3 aromatic rings. The number of aryl methyl sites for hydroxylation is 3. The van der Waals surface area contributed by atoms with Crippen LogP contribution in [0.5, 0.6) is 0 Å². The Labute approximate surface area is 220 Å². The van der Waals surface area contributed by atoms with Crippen molar-refractivity contribution in [2.75, 3.05) is 6.54 Å². The van der Waals surface area contributed by atoms with Gasteiger partial charge in [0.25, 0.3) is 5.91 Å². The van der Waals surface area contributed by atoms with Crippen molar-refractivity contribution in [3.8, 4) is 0 Å². The maximum atomic E-state index is 13.7. The van der Waals surface area contributed by atoms with Crippen molar-refractivity contribution >= 4 is 56.9 Å². The van der Waals surface area contributed by atoms with Crippen LogP contribution < -0.4 is 5.43 Å². The molecule has 184 valence electrons. The van der Waals surface area contributed by atoms with Gasteiger partial charge in [-0.25, -0.2) is 13.8 Å². The highest BCUT2D eigenvalue weighted by atomic mass is 35.5. The number of hydrazone groups is 1. The highest BCUT2D eigenvalue weighted by Gasteiger charge is 2.30. The third kappa shape index (κ3) is 7.06. The normalized spacial score (nSPS) is 11.9. The van der Waals surface area contributed by atoms with Gasteiger partial charge >= 0.3 is 0 Å². The van der Waals surface area contributed by atoms with Gasteiger partial charge in [-0.2, -0.15) is 9.41 Å². The number of hydrogen-bond acceptors (Lipinski definition) is 4. The molecule has 0 aliphatic heterocycles. The lowest BCUT2D eigenvalue weighted by atomic mass is 10.1. The number of sulfonamides is 1. The van der Waals surface area contributed by atoms with Crippen molar-refractivity contribution in [3.05, 3.63) is 97.5 Å². The summed E-state index contributed by atoms with van der Waals surface area (Å²) < 4.78 is 28.6. The smallest absolute Gasteiger partial charge is 0.255 e. The largest absolute Gasteiger partial charge is 0.272 e. The predicted molar refractivity (Wildman–Crippen MR) is 142 cm³/mol. The minimum atomic E-state index is -4.05. The summed E-state index contributed by atoms with van der Waals surface area (Å²) in [6, 6.07) is 15.4. The van der Waals surface area contributed by atoms with Crippen LogP contribution in [0.4, 0.5) is 0 Å². The zero-order chi connectivity index (χ0) is 25.8. The van der Waals surface area contributed by atoms with Crippen LogP contribution >= 0.6 is 34.8 Å². The van der Waals surface area contributed by atoms with Gasteiger partial charge in [0.1, 0.15) is 0 Å². The second-order valence-corrected chi connectivity index (χ2v) is 11.2. The topological polar surface area (TPSA) is 78.8 Å². The van der Waals surface area contributed by atoms with Gasteiger partial charge in [0.2, 0.25) is 10.0 Å². The molecule has 0 saturated heterocycles. The van der Waals surface area contributed by atoms with Crippen LogP contribution in [-0.4, -0.2) is 31.4 Å². The molecule has 0 atom stereocenters. The first kappa shape index (κ1) is 27.2. The second-order valence-electron chi connectivity index (χ2n) is 8.10. The van der Waals surface area contributed by atoms with Crippen LogP contribution in [0, 0.1) is 20.8 Å². The van der Waals surface area contributed by atoms with Gasteiger partial charge in [-0.15, -0.1) is 0 Å². The Kier molecular flexibility index (Phi) is 8.96. The highest BCUT2D eigenvalue weighted by molar-refractivity contribution is 7.89. The molecule has 0 saturated carbocycles. The minimum Gasteiger partial charge on any atom is -0.272 e. The maximum absolute atomic E-state index is 13.7. The van der Waals surface area contributed by atoms with E-state index in [-0.39, 0.29) is 11.4 Å². The van der Waals surface area contributed by atoms with Crippen LogP contribution in [0.3, 0.4) is 0 Å². The van der Waals surface area contributed by atoms with Crippen molar-refractivity contribution in [1.29, 1.82) is 0 Å². The molecule has 1 amide bonds. The predicted octanol–water partition coefficient (Wildman–Crippen LogP) is 5.91. The number of nitrogens with one attached hydrogen (secondary N) is 1. The van der Waals surface area contributed by atoms with Crippen LogP contribution in [-0.2, 0) is 21.4 Å². The van der Waals surface area contributed by atoms with E-state index in [9.17, 15) is 13.2 Å². The molecule has 0 aliphatic carbocycles. The number of amides is 1. The van der Waals surface area contributed by atoms with Crippen LogP contribution in [0.15, 0.2) is 64.6 Å². The molecule has 0 aromatic heterocycles. The van der Waals surface area contributed by atoms with E-state index in [2.05, 4.69) is 10.5 Å². The summed E-state index contributed by atoms with van der Waals surface area (Å²) >= 11 is 18.1. The molecule has 0 unspecified atom stereocenters. The first-order valence-corrected chi connectivity index (χ1v) is 13.1. The summed E-state index contributed by atoms with van der Waals surface area (Å²) in [5, 5.41) is 5.10. The summed E-state index contributed by atoms with van der Waals surface area (Å²) in [6.45, 7) is 4.83. The fourth-order valence-corrected chi connectivity index (χ4v) is 6.05. The first-order chi connectivity index (χ1) is 16.5. The van der Waals surface area contributed by atoms with E-state index in [1.54, 1.807) is 68.4 Å². The number of carbonyl (C=O) groups is 1. The zero-order valence-corrected chi connectivity index (χ0v) is 22.4. The molecule has 3 rings (SSSR count). The first-order valence-electron chi connectivity index (χ1n) is 10.6. The van der Waals surface area contributed by atoms with Gasteiger partial charge < -0.3 is 0 Å². The van der Waals surface area contributed by atoms with Gasteiger partial charge in [0, 0.05) is 11.6 Å². The molecule has 0 fully saturated rings. The quantitative estimate of drug-likeness (QED) is 0.279. The van der Waals surface area contributed by atoms with E-state index >= 15 is 0 Å². The molecule has 6 nitrogen and oxygen atoms in total. The van der Waals surface area contributed by atoms with Crippen molar-refractivity contribution in [2.45, 2.75) is 32.2 Å². The summed E-state index contributed by atoms with van der Waals surface area (Å²) in [6.07, 6.45) is 1.43. The lowest BCUT2D eigenvalue weighted by Crippen LogP contribution is -2.39. The molecular weight excluding hydrogens is 529 g/mol. The molecular formula is C25H24Cl3N3O3S. The van der Waals surface area contributed by atoms with Crippen LogP contribution in [0.1, 0.15) is 27.8 Å². The van der Waals surface area contributed by atoms with Crippen molar-refractivity contribution in [2.24, 2.45) is 5.10 Å². The SMILES string of the molecule is Cc1cc(C)c(S(=O)(=O)N(CC(=O)N/N=C/c2cccc(Cl)c2)Cc2ccc(Cl)c(Cl)c2)c(C)c1. The third-order valence-corrected chi connectivity index (χ3v) is 8.19. The lowest BCUT2D eigenvalue weighted by Gasteiger charge is -2.24. The fourth-order valence-electron chi connectivity index (χ4n) is 3.73. The molecule has 35 heavy (non-hydrogen) atoms. The zero-order valence-electron chi connectivity index (χ0n) is 19.3. The number of hydrogen-bond donors (Lipinski definition) is 1. The van der Waals surface area contributed by atoms with Crippen molar-refractivity contribution in [3.63, 3.8) is 0 Å². The van der Waals surface area contributed by atoms with Gasteiger partial charge in [0.05, 0.1) is 27.7 Å². The van der Waals surface area contributed by atoms with E-state index < -0.39 is 22.5 Å². The van der Waals surface area contributed by atoms with Gasteiger partial charge in [-0.1, -0.05) is 70.7 Å². The molecule has 10 heteroatoms. The average molecular weight is 553 g/mol. The van der Waals surface area contributed by atoms with Gasteiger partial charge in [-0.3, -0.25) is 4.79 Å². The van der Waals surface area contributed by atoms with Gasteiger partial charge in [0.15, 0.2) is 0 Å². The van der Waals surface area contributed by atoms with Crippen LogP contribution in [0.2, 0.25) is 15.1 Å². The molecule has 3 aromatic carbocycles. The van der Waals surface area contributed by atoms with E-state index in [0.717, 1.165) is 9.87 Å². The van der Waals surface area contributed by atoms with Crippen LogP contribution in [0.25, 0.3) is 0 Å². The van der Waals surface area contributed by atoms with Crippen molar-refractivity contribution in [1.82, 2.24) is 9.73 Å². The molecule has 0 heterocycles. The Morgan fingerprint density at radius 3 is 2.29 bits per heavy atom. The van der Waals surface area contributed by atoms with E-state index in [4.69, 9.17) is 34.8 Å². The summed E-state index contributed by atoms with van der Waals surface area (Å²) in [5.74, 6) is -0.602. The lowest BCUT2D eigenvalue weighted by molar-refractivity contribution is -0.121. The molecule has 0 bridgehead atoms. The number of nitrogens with zero attached hydrogens (tertiary/aromatic N) is 2. The second kappa shape index (κ2) is 11.5. The molecule has 1 N–H and O–H groups in total. The van der Waals surface area contributed by atoms with E-state index in [1.165, 1.54) is 6.21 Å². The number of benzene rings is 3. The third-order valence-electron chi connectivity index (χ3n) is 5.12. The summed E-state index contributed by atoms with van der Waals surface area (Å²) in [4.78, 5) is 12.9. The fraction of sp³-hybridized carbons (Fsp3) is 0.200. The number of carbonyl (C=O) groups excluding carboxylic acids is 1. The Bertz CT molecular complexity index is 1370. The summed E-state index contributed by atoms with van der Waals surface area (Å²) in [5.41, 5.74) is 5.80. The highest BCUT2D eigenvalue weighted by Crippen LogP contribution is 2.28.